The Bertz CT molecular complexity index is 1110. The van der Waals surface area contributed by atoms with Gasteiger partial charge < -0.3 is 9.80 Å². The van der Waals surface area contributed by atoms with E-state index in [0.29, 0.717) is 12.8 Å². The van der Waals surface area contributed by atoms with Crippen LogP contribution in [-0.2, 0) is 4.79 Å². The van der Waals surface area contributed by atoms with Crippen molar-refractivity contribution in [3.05, 3.63) is 59.2 Å². The minimum absolute atomic E-state index is 0.0839. The highest BCUT2D eigenvalue weighted by Gasteiger charge is 2.34. The smallest absolute Gasteiger partial charge is 0.138 e. The molecular weight excluding hydrogens is 388 g/mol. The Morgan fingerprint density at radius 2 is 1.74 bits per heavy atom. The summed E-state index contributed by atoms with van der Waals surface area (Å²) in [5.74, 6) is 1.38. The maximum Gasteiger partial charge on any atom is 0.138 e. The molecule has 0 spiro atoms. The number of carbonyl (C=O) groups is 1. The highest BCUT2D eigenvalue weighted by molar-refractivity contribution is 5.81. The van der Waals surface area contributed by atoms with Crippen LogP contribution in [0.2, 0.25) is 0 Å². The summed E-state index contributed by atoms with van der Waals surface area (Å²) in [4.78, 5) is 27.2. The molecule has 5 heterocycles. The Balaban J connectivity index is 1.56. The van der Waals surface area contributed by atoms with E-state index < -0.39 is 0 Å². The Hall–Kier alpha value is -2.77. The molecule has 3 aromatic heterocycles. The van der Waals surface area contributed by atoms with E-state index in [4.69, 9.17) is 4.98 Å². The van der Waals surface area contributed by atoms with Gasteiger partial charge in [0.25, 0.3) is 0 Å². The van der Waals surface area contributed by atoms with Crippen LogP contribution in [0.4, 0.5) is 5.82 Å². The van der Waals surface area contributed by atoms with Crippen molar-refractivity contribution in [3.8, 4) is 0 Å². The van der Waals surface area contributed by atoms with Gasteiger partial charge in [-0.25, -0.2) is 4.98 Å². The first kappa shape index (κ1) is 20.2. The number of likely N-dealkylation sites (N-methyl/N-ethyl adjacent to an activating group) is 1. The number of Topliss-reactive ketones (excluding diaryl/α,β-unsaturated/α-hetero) is 1. The third-order valence-corrected chi connectivity index (χ3v) is 6.55. The zero-order valence-corrected chi connectivity index (χ0v) is 18.5. The summed E-state index contributed by atoms with van der Waals surface area (Å²) in [5, 5.41) is 3.72. The number of fused-ring (bicyclic) bond motifs is 1. The molecule has 2 atom stereocenters. The molecule has 2 saturated heterocycles. The second-order valence-electron chi connectivity index (χ2n) is 8.97. The van der Waals surface area contributed by atoms with Gasteiger partial charge in [-0.2, -0.15) is 0 Å². The zero-order valence-electron chi connectivity index (χ0n) is 18.5. The number of imidazole rings is 1. The molecule has 0 radical (unpaired) electrons. The van der Waals surface area contributed by atoms with Crippen LogP contribution < -0.4 is 10.2 Å². The molecule has 3 aromatic rings. The molecule has 0 amide bonds. The van der Waals surface area contributed by atoms with Crippen molar-refractivity contribution < 1.29 is 4.79 Å². The van der Waals surface area contributed by atoms with Gasteiger partial charge in [-0.1, -0.05) is 12.1 Å². The highest BCUT2D eigenvalue weighted by Crippen LogP contribution is 2.36. The average Bonchev–Trinajstić information content (AvgIpc) is 3.13. The number of pyridine rings is 2. The van der Waals surface area contributed by atoms with Crippen LogP contribution >= 0.6 is 0 Å². The average molecular weight is 419 g/mol. The van der Waals surface area contributed by atoms with Crippen LogP contribution in [0.15, 0.2) is 36.7 Å². The second kappa shape index (κ2) is 8.05. The zero-order chi connectivity index (χ0) is 21.5. The first-order chi connectivity index (χ1) is 15.0. The number of anilines is 1. The summed E-state index contributed by atoms with van der Waals surface area (Å²) < 4.78 is 2.21. The van der Waals surface area contributed by atoms with E-state index in [1.54, 1.807) is 6.20 Å². The lowest BCUT2D eigenvalue weighted by molar-refractivity contribution is -0.121. The van der Waals surface area contributed by atoms with Gasteiger partial charge in [0.05, 0.1) is 17.8 Å². The quantitative estimate of drug-likeness (QED) is 0.706. The van der Waals surface area contributed by atoms with Gasteiger partial charge in [0.15, 0.2) is 0 Å². The molecule has 2 aliphatic heterocycles. The van der Waals surface area contributed by atoms with Gasteiger partial charge in [0.2, 0.25) is 0 Å². The van der Waals surface area contributed by atoms with Gasteiger partial charge in [-0.15, -0.1) is 0 Å². The number of nitrogens with zero attached hydrogens (tertiary/aromatic N) is 5. The minimum atomic E-state index is -0.123. The lowest BCUT2D eigenvalue weighted by Gasteiger charge is -2.36. The number of hydrogen-bond donors (Lipinski definition) is 1. The molecule has 2 unspecified atom stereocenters. The van der Waals surface area contributed by atoms with Gasteiger partial charge in [-0.3, -0.25) is 19.5 Å². The van der Waals surface area contributed by atoms with Gasteiger partial charge in [0.1, 0.15) is 22.9 Å². The summed E-state index contributed by atoms with van der Waals surface area (Å²) in [5.41, 5.74) is 5.17. The SMILES string of the molecule is Cc1ccc2nc(C3CC(=O)CC(c4ncccc4C)N3)c(N3CCN(C)CC3)n2c1. The van der Waals surface area contributed by atoms with Crippen molar-refractivity contribution in [2.45, 2.75) is 38.8 Å². The molecule has 7 heteroatoms. The molecule has 1 N–H and O–H groups in total. The van der Waals surface area contributed by atoms with E-state index in [-0.39, 0.29) is 17.9 Å². The number of carbonyl (C=O) groups excluding carboxylic acids is 1. The molecule has 5 rings (SSSR count). The van der Waals surface area contributed by atoms with Crippen molar-refractivity contribution in [3.63, 3.8) is 0 Å². The van der Waals surface area contributed by atoms with Gasteiger partial charge in [0, 0.05) is 51.4 Å². The first-order valence-corrected chi connectivity index (χ1v) is 11.1. The van der Waals surface area contributed by atoms with Crippen molar-refractivity contribution in [2.24, 2.45) is 0 Å². The maximum atomic E-state index is 12.8. The van der Waals surface area contributed by atoms with Gasteiger partial charge in [-0.05, 0) is 44.2 Å². The number of hydrogen-bond acceptors (Lipinski definition) is 6. The minimum Gasteiger partial charge on any atom is -0.354 e. The summed E-state index contributed by atoms with van der Waals surface area (Å²) in [6.45, 7) is 8.11. The van der Waals surface area contributed by atoms with Crippen molar-refractivity contribution in [2.75, 3.05) is 38.1 Å². The topological polar surface area (TPSA) is 65.8 Å². The number of piperazine rings is 1. The number of piperidine rings is 1. The fraction of sp³-hybridized carbons (Fsp3) is 0.458. The number of ketones is 1. The van der Waals surface area contributed by atoms with Crippen LogP contribution in [0.3, 0.4) is 0 Å². The maximum absolute atomic E-state index is 12.8. The molecule has 2 fully saturated rings. The largest absolute Gasteiger partial charge is 0.354 e. The highest BCUT2D eigenvalue weighted by atomic mass is 16.1. The molecule has 0 bridgehead atoms. The predicted molar refractivity (Wildman–Crippen MR) is 121 cm³/mol. The first-order valence-electron chi connectivity index (χ1n) is 11.1. The van der Waals surface area contributed by atoms with Crippen LogP contribution in [0.25, 0.3) is 5.65 Å². The van der Waals surface area contributed by atoms with Crippen molar-refractivity contribution in [1.29, 1.82) is 0 Å². The third-order valence-electron chi connectivity index (χ3n) is 6.55. The Morgan fingerprint density at radius 3 is 2.48 bits per heavy atom. The monoisotopic (exact) mass is 418 g/mol. The molecule has 162 valence electrons. The molecule has 0 aliphatic carbocycles. The molecule has 0 aromatic carbocycles. The van der Waals surface area contributed by atoms with E-state index in [1.165, 1.54) is 5.56 Å². The third kappa shape index (κ3) is 3.83. The van der Waals surface area contributed by atoms with E-state index in [2.05, 4.69) is 69.8 Å². The lowest BCUT2D eigenvalue weighted by atomic mass is 9.92. The summed E-state index contributed by atoms with van der Waals surface area (Å²) in [6.07, 6.45) is 4.91. The number of nitrogens with one attached hydrogen (secondary N) is 1. The number of rotatable bonds is 3. The Morgan fingerprint density at radius 1 is 1.00 bits per heavy atom. The standard InChI is InChI=1S/C24H30N6O/c1-16-6-7-21-27-23(24(30(21)15-16)29-11-9-28(3)10-12-29)20-14-18(31)13-19(26-20)22-17(2)5-4-8-25-22/h4-8,15,19-20,26H,9-14H2,1-3H3. The fourth-order valence-corrected chi connectivity index (χ4v) is 4.84. The normalized spacial score (nSPS) is 22.9. The Kier molecular flexibility index (Phi) is 5.24. The summed E-state index contributed by atoms with van der Waals surface area (Å²) in [6, 6.07) is 7.96. The summed E-state index contributed by atoms with van der Waals surface area (Å²) in [7, 11) is 2.16. The summed E-state index contributed by atoms with van der Waals surface area (Å²) >= 11 is 0. The van der Waals surface area contributed by atoms with E-state index >= 15 is 0 Å². The van der Waals surface area contributed by atoms with Crippen LogP contribution in [0.5, 0.6) is 0 Å². The Labute approximate surface area is 183 Å². The van der Waals surface area contributed by atoms with Crippen LogP contribution in [0.1, 0.15) is 47.4 Å². The predicted octanol–water partition coefficient (Wildman–Crippen LogP) is 2.83. The van der Waals surface area contributed by atoms with E-state index in [0.717, 1.165) is 54.6 Å². The molecule has 0 saturated carbocycles. The number of aromatic nitrogens is 3. The van der Waals surface area contributed by atoms with Crippen LogP contribution in [0, 0.1) is 13.8 Å². The molecule has 31 heavy (non-hydrogen) atoms. The molecule has 7 nitrogen and oxygen atoms in total. The second-order valence-corrected chi connectivity index (χ2v) is 8.97. The van der Waals surface area contributed by atoms with Crippen molar-refractivity contribution in [1.82, 2.24) is 24.6 Å². The number of aryl methyl sites for hydroxylation is 2. The molecular formula is C24H30N6O. The van der Waals surface area contributed by atoms with Crippen LogP contribution in [-0.4, -0.2) is 58.3 Å². The van der Waals surface area contributed by atoms with E-state index in [1.807, 2.05) is 6.07 Å². The fourth-order valence-electron chi connectivity index (χ4n) is 4.84. The molecule has 2 aliphatic rings. The van der Waals surface area contributed by atoms with E-state index in [9.17, 15) is 4.79 Å². The van der Waals surface area contributed by atoms with Gasteiger partial charge >= 0.3 is 0 Å². The van der Waals surface area contributed by atoms with Crippen molar-refractivity contribution >= 4 is 17.2 Å². The lowest BCUT2D eigenvalue weighted by Crippen LogP contribution is -2.46.